The Morgan fingerprint density at radius 2 is 2.07 bits per heavy atom. The van der Waals surface area contributed by atoms with Crippen LogP contribution in [-0.2, 0) is 9.59 Å². The number of amides is 2. The average Bonchev–Trinajstić information content (AvgIpc) is 2.94. The van der Waals surface area contributed by atoms with E-state index in [1.807, 2.05) is 24.3 Å². The molecule has 1 aromatic heterocycles. The zero-order chi connectivity index (χ0) is 19.2. The maximum atomic E-state index is 12.6. The molecule has 0 saturated carbocycles. The molecule has 0 bridgehead atoms. The number of anilines is 1. The van der Waals surface area contributed by atoms with Crippen molar-refractivity contribution in [3.63, 3.8) is 0 Å². The van der Waals surface area contributed by atoms with Crippen molar-refractivity contribution in [2.75, 3.05) is 19.0 Å². The molecule has 2 amide bonds. The number of thiocarbonyl (C=S) groups is 1. The van der Waals surface area contributed by atoms with Crippen molar-refractivity contribution in [3.05, 3.63) is 59.1 Å². The number of benzene rings is 1. The van der Waals surface area contributed by atoms with Gasteiger partial charge in [0.15, 0.2) is 0 Å². The number of ether oxygens (including phenoxy) is 1. The molecular weight excluding hydrogens is 382 g/mol. The maximum absolute atomic E-state index is 12.6. The van der Waals surface area contributed by atoms with E-state index in [9.17, 15) is 9.59 Å². The van der Waals surface area contributed by atoms with Gasteiger partial charge in [-0.2, -0.15) is 0 Å². The highest BCUT2D eigenvalue weighted by Crippen LogP contribution is 2.32. The summed E-state index contributed by atoms with van der Waals surface area (Å²) in [7, 11) is 1.60. The maximum Gasteiger partial charge on any atom is 0.266 e. The van der Waals surface area contributed by atoms with Crippen LogP contribution in [0.2, 0.25) is 0 Å². The van der Waals surface area contributed by atoms with E-state index >= 15 is 0 Å². The van der Waals surface area contributed by atoms with Crippen LogP contribution in [0.15, 0.2) is 53.6 Å². The normalized spacial score (nSPS) is 15.3. The summed E-state index contributed by atoms with van der Waals surface area (Å²) in [6, 6.07) is 12.6. The second-order valence-corrected chi connectivity index (χ2v) is 7.30. The lowest BCUT2D eigenvalue weighted by Crippen LogP contribution is -2.31. The van der Waals surface area contributed by atoms with Gasteiger partial charge in [-0.1, -0.05) is 42.2 Å². The number of nitrogens with one attached hydrogen (secondary N) is 1. The number of pyridine rings is 1. The van der Waals surface area contributed by atoms with Gasteiger partial charge in [-0.25, -0.2) is 4.98 Å². The van der Waals surface area contributed by atoms with Gasteiger partial charge in [-0.15, -0.1) is 0 Å². The van der Waals surface area contributed by atoms with Gasteiger partial charge < -0.3 is 10.1 Å². The molecule has 6 nitrogen and oxygen atoms in total. The minimum absolute atomic E-state index is 0.138. The van der Waals surface area contributed by atoms with Crippen LogP contribution in [-0.4, -0.2) is 39.7 Å². The highest BCUT2D eigenvalue weighted by atomic mass is 32.2. The molecule has 1 aliphatic heterocycles. The van der Waals surface area contributed by atoms with Crippen LogP contribution in [0.3, 0.4) is 0 Å². The molecule has 8 heteroatoms. The number of nitrogens with zero attached hydrogens (tertiary/aromatic N) is 2. The smallest absolute Gasteiger partial charge is 0.266 e. The van der Waals surface area contributed by atoms with Crippen molar-refractivity contribution in [2.45, 2.75) is 6.42 Å². The first-order valence-electron chi connectivity index (χ1n) is 8.17. The van der Waals surface area contributed by atoms with Crippen molar-refractivity contribution in [1.82, 2.24) is 9.88 Å². The van der Waals surface area contributed by atoms with Gasteiger partial charge in [-0.05, 0) is 35.9 Å². The molecule has 3 rings (SSSR count). The first-order chi connectivity index (χ1) is 13.1. The Balaban J connectivity index is 1.60. The Hall–Kier alpha value is -2.71. The first kappa shape index (κ1) is 19.1. The zero-order valence-corrected chi connectivity index (χ0v) is 16.2. The standard InChI is InChI=1S/C19H17N3O3S2/c1-25-14-7-5-13(6-8-14)12-15-18(24)22(19(26)27-15)11-9-17(23)21-16-4-2-3-10-20-16/h2-8,10,12H,9,11H2,1H3,(H,20,21,23). The fraction of sp³-hybridized carbons (Fsp3) is 0.158. The summed E-state index contributed by atoms with van der Waals surface area (Å²) < 4.78 is 5.58. The lowest BCUT2D eigenvalue weighted by atomic mass is 10.2. The molecule has 2 heterocycles. The predicted octanol–water partition coefficient (Wildman–Crippen LogP) is 3.32. The van der Waals surface area contributed by atoms with E-state index in [-0.39, 0.29) is 24.8 Å². The molecule has 27 heavy (non-hydrogen) atoms. The summed E-state index contributed by atoms with van der Waals surface area (Å²) >= 11 is 6.53. The Kier molecular flexibility index (Phi) is 6.20. The van der Waals surface area contributed by atoms with E-state index < -0.39 is 0 Å². The predicted molar refractivity (Wildman–Crippen MR) is 110 cm³/mol. The van der Waals surface area contributed by atoms with E-state index in [0.717, 1.165) is 11.3 Å². The number of aromatic nitrogens is 1. The number of rotatable bonds is 6. The third-order valence-electron chi connectivity index (χ3n) is 3.78. The quantitative estimate of drug-likeness (QED) is 0.594. The van der Waals surface area contributed by atoms with Crippen LogP contribution in [0.4, 0.5) is 5.82 Å². The lowest BCUT2D eigenvalue weighted by Gasteiger charge is -2.13. The van der Waals surface area contributed by atoms with E-state index in [0.29, 0.717) is 15.0 Å². The average molecular weight is 399 g/mol. The summed E-state index contributed by atoms with van der Waals surface area (Å²) in [5.74, 6) is 0.819. The van der Waals surface area contributed by atoms with E-state index in [4.69, 9.17) is 17.0 Å². The topological polar surface area (TPSA) is 71.5 Å². The molecule has 0 atom stereocenters. The number of carbonyl (C=O) groups is 2. The van der Waals surface area contributed by atoms with Crippen molar-refractivity contribution < 1.29 is 14.3 Å². The lowest BCUT2D eigenvalue weighted by molar-refractivity contribution is -0.122. The first-order valence-corrected chi connectivity index (χ1v) is 9.39. The number of thioether (sulfide) groups is 1. The van der Waals surface area contributed by atoms with Crippen molar-refractivity contribution in [3.8, 4) is 5.75 Å². The van der Waals surface area contributed by atoms with E-state index in [1.54, 1.807) is 37.6 Å². The van der Waals surface area contributed by atoms with Gasteiger partial charge in [-0.3, -0.25) is 14.5 Å². The Bertz CT molecular complexity index is 883. The van der Waals surface area contributed by atoms with Crippen LogP contribution in [0.25, 0.3) is 6.08 Å². The number of carbonyl (C=O) groups excluding carboxylic acids is 2. The minimum atomic E-state index is -0.220. The molecule has 0 aliphatic carbocycles. The highest BCUT2D eigenvalue weighted by molar-refractivity contribution is 8.26. The third kappa shape index (κ3) is 4.93. The summed E-state index contributed by atoms with van der Waals surface area (Å²) in [4.78, 5) is 30.7. The Labute approximate surface area is 166 Å². The van der Waals surface area contributed by atoms with Crippen molar-refractivity contribution in [2.24, 2.45) is 0 Å². The van der Waals surface area contributed by atoms with Gasteiger partial charge in [0.25, 0.3) is 5.91 Å². The summed E-state index contributed by atoms with van der Waals surface area (Å²) in [6.07, 6.45) is 3.52. The Morgan fingerprint density at radius 1 is 1.30 bits per heavy atom. The number of hydrogen-bond acceptors (Lipinski definition) is 6. The van der Waals surface area contributed by atoms with Gasteiger partial charge in [0.1, 0.15) is 15.9 Å². The highest BCUT2D eigenvalue weighted by Gasteiger charge is 2.32. The van der Waals surface area contributed by atoms with Crippen molar-refractivity contribution in [1.29, 1.82) is 0 Å². The molecule has 1 fully saturated rings. The summed E-state index contributed by atoms with van der Waals surface area (Å²) in [5, 5.41) is 2.69. The van der Waals surface area contributed by atoms with Crippen LogP contribution >= 0.6 is 24.0 Å². The molecule has 0 unspecified atom stereocenters. The van der Waals surface area contributed by atoms with Crippen LogP contribution in [0, 0.1) is 0 Å². The third-order valence-corrected chi connectivity index (χ3v) is 5.16. The molecule has 1 N–H and O–H groups in total. The monoisotopic (exact) mass is 399 g/mol. The Morgan fingerprint density at radius 3 is 2.74 bits per heavy atom. The van der Waals surface area contributed by atoms with Crippen LogP contribution in [0.5, 0.6) is 5.75 Å². The minimum Gasteiger partial charge on any atom is -0.497 e. The van der Waals surface area contributed by atoms with Gasteiger partial charge >= 0.3 is 0 Å². The molecule has 0 spiro atoms. The molecule has 1 aliphatic rings. The number of methoxy groups -OCH3 is 1. The van der Waals surface area contributed by atoms with Gasteiger partial charge in [0.2, 0.25) is 5.91 Å². The van der Waals surface area contributed by atoms with Gasteiger partial charge in [0, 0.05) is 19.2 Å². The van der Waals surface area contributed by atoms with Crippen LogP contribution < -0.4 is 10.1 Å². The fourth-order valence-corrected chi connectivity index (χ4v) is 3.71. The second kappa shape index (κ2) is 8.79. The van der Waals surface area contributed by atoms with E-state index in [1.165, 1.54) is 16.7 Å². The SMILES string of the molecule is COc1ccc(C=C2SC(=S)N(CCC(=O)Nc3ccccn3)C2=O)cc1. The molecule has 2 aromatic rings. The molecule has 1 aromatic carbocycles. The fourth-order valence-electron chi connectivity index (χ4n) is 2.40. The summed E-state index contributed by atoms with van der Waals surface area (Å²) in [5.41, 5.74) is 0.879. The number of hydrogen-bond donors (Lipinski definition) is 1. The second-order valence-electron chi connectivity index (χ2n) is 5.62. The van der Waals surface area contributed by atoms with Crippen LogP contribution in [0.1, 0.15) is 12.0 Å². The van der Waals surface area contributed by atoms with Gasteiger partial charge in [0.05, 0.1) is 12.0 Å². The molecule has 0 radical (unpaired) electrons. The van der Waals surface area contributed by atoms with Crippen molar-refractivity contribution >= 4 is 52.0 Å². The van der Waals surface area contributed by atoms with E-state index in [2.05, 4.69) is 10.3 Å². The largest absolute Gasteiger partial charge is 0.497 e. The molecular formula is C19H17N3O3S2. The molecule has 1 saturated heterocycles. The summed E-state index contributed by atoms with van der Waals surface area (Å²) in [6.45, 7) is 0.225. The molecule has 138 valence electrons. The zero-order valence-electron chi connectivity index (χ0n) is 14.5.